The van der Waals surface area contributed by atoms with Gasteiger partial charge in [-0.3, -0.25) is 14.5 Å². The van der Waals surface area contributed by atoms with Crippen molar-refractivity contribution < 1.29 is 33.6 Å². The number of methoxy groups -OCH3 is 1. The number of aromatic nitrogens is 5. The molecule has 42 heavy (non-hydrogen) atoms. The topological polar surface area (TPSA) is 219 Å². The molecule has 0 bridgehead atoms. The SMILES string of the molecule is COc1ccc2n(n1)c(N)c[n+]2CC1=C(C(=O)[O-])N2C(=O)[C@@H](NC(=O)/C(=N\OC3CCCC3)c3nsc(N)n3)[C@H]2SC1. The van der Waals surface area contributed by atoms with Crippen molar-refractivity contribution in [2.45, 2.75) is 49.7 Å². The molecule has 220 valence electrons. The second-order valence-corrected chi connectivity index (χ2v) is 11.7. The van der Waals surface area contributed by atoms with Gasteiger partial charge in [0.05, 0.1) is 18.8 Å². The van der Waals surface area contributed by atoms with Crippen molar-refractivity contribution in [1.29, 1.82) is 0 Å². The minimum absolute atomic E-state index is 0.0197. The molecule has 0 radical (unpaired) electrons. The molecule has 2 atom stereocenters. The lowest BCUT2D eigenvalue weighted by molar-refractivity contribution is -0.662. The third-order valence-corrected chi connectivity index (χ3v) is 9.06. The van der Waals surface area contributed by atoms with Crippen molar-refractivity contribution >= 4 is 63.4 Å². The summed E-state index contributed by atoms with van der Waals surface area (Å²) in [5, 5.41) is 22.7. The number of rotatable bonds is 9. The highest BCUT2D eigenvalue weighted by Crippen LogP contribution is 2.40. The van der Waals surface area contributed by atoms with Gasteiger partial charge in [0.1, 0.15) is 24.1 Å². The van der Waals surface area contributed by atoms with Gasteiger partial charge in [0.25, 0.3) is 23.5 Å². The van der Waals surface area contributed by atoms with Gasteiger partial charge < -0.3 is 36.3 Å². The zero-order chi connectivity index (χ0) is 29.5. The lowest BCUT2D eigenvalue weighted by atomic mass is 10.0. The van der Waals surface area contributed by atoms with Crippen LogP contribution in [0.4, 0.5) is 10.9 Å². The molecule has 0 spiro atoms. The Morgan fingerprint density at radius 2 is 2.07 bits per heavy atom. The summed E-state index contributed by atoms with van der Waals surface area (Å²) in [6.45, 7) is 0.116. The van der Waals surface area contributed by atoms with Crippen LogP contribution in [-0.4, -0.2) is 77.7 Å². The Bertz CT molecular complexity index is 1650. The van der Waals surface area contributed by atoms with E-state index in [1.807, 2.05) is 0 Å². The molecule has 2 amide bonds. The van der Waals surface area contributed by atoms with Crippen LogP contribution in [0.15, 0.2) is 34.8 Å². The predicted molar refractivity (Wildman–Crippen MR) is 148 cm³/mol. The highest BCUT2D eigenvalue weighted by molar-refractivity contribution is 8.00. The fourth-order valence-corrected chi connectivity index (χ4v) is 6.94. The number of carbonyl (C=O) groups excluding carboxylic acids is 3. The van der Waals surface area contributed by atoms with Crippen molar-refractivity contribution in [3.8, 4) is 5.88 Å². The maximum Gasteiger partial charge on any atom is 0.309 e. The van der Waals surface area contributed by atoms with Crippen molar-refractivity contribution in [3.05, 3.63) is 35.4 Å². The number of hydrogen-bond acceptors (Lipinski definition) is 14. The monoisotopic (exact) mass is 614 g/mol. The highest BCUT2D eigenvalue weighted by Gasteiger charge is 2.53. The van der Waals surface area contributed by atoms with Gasteiger partial charge >= 0.3 is 5.65 Å². The van der Waals surface area contributed by atoms with Crippen LogP contribution in [0.25, 0.3) is 5.65 Å². The summed E-state index contributed by atoms with van der Waals surface area (Å²) >= 11 is 2.21. The summed E-state index contributed by atoms with van der Waals surface area (Å²) in [6.07, 6.45) is 5.13. The van der Waals surface area contributed by atoms with Crippen LogP contribution in [0.2, 0.25) is 0 Å². The number of anilines is 2. The van der Waals surface area contributed by atoms with Gasteiger partial charge in [-0.25, -0.2) is 4.57 Å². The Morgan fingerprint density at radius 1 is 1.29 bits per heavy atom. The van der Waals surface area contributed by atoms with E-state index in [2.05, 4.69) is 24.9 Å². The summed E-state index contributed by atoms with van der Waals surface area (Å²) in [6, 6.07) is 2.38. The molecular formula is C24H26N10O6S2. The first-order valence-electron chi connectivity index (χ1n) is 13.0. The molecule has 6 rings (SSSR count). The fraction of sp³-hybridized carbons (Fsp3) is 0.417. The van der Waals surface area contributed by atoms with Gasteiger partial charge in [-0.1, -0.05) is 9.67 Å². The average molecular weight is 615 g/mol. The summed E-state index contributed by atoms with van der Waals surface area (Å²) in [7, 11) is 1.48. The van der Waals surface area contributed by atoms with Crippen LogP contribution in [0.1, 0.15) is 31.5 Å². The van der Waals surface area contributed by atoms with Gasteiger partial charge in [-0.2, -0.15) is 9.36 Å². The van der Waals surface area contributed by atoms with E-state index in [1.165, 1.54) is 23.4 Å². The lowest BCUT2D eigenvalue weighted by Gasteiger charge is -2.50. The minimum Gasteiger partial charge on any atom is -0.543 e. The van der Waals surface area contributed by atoms with Crippen LogP contribution in [-0.2, 0) is 25.8 Å². The number of carbonyl (C=O) groups is 3. The average Bonchev–Trinajstić information content (AvgIpc) is 3.72. The largest absolute Gasteiger partial charge is 0.543 e. The van der Waals surface area contributed by atoms with Crippen molar-refractivity contribution in [2.24, 2.45) is 5.16 Å². The van der Waals surface area contributed by atoms with Crippen LogP contribution in [0, 0.1) is 0 Å². The van der Waals surface area contributed by atoms with Gasteiger partial charge in [0.2, 0.25) is 11.5 Å². The third-order valence-electron chi connectivity index (χ3n) is 7.18. The standard InChI is InChI=1S/C24H26N10O6S2/c1-39-14-6-7-15-32(9-13(25)34(15)29-14)8-11-10-41-22-17(21(36)33(22)18(11)23(37)38)27-20(35)16(19-28-24(26)42-31-19)30-40-12-4-2-3-5-12/h6-7,9,12,17,22H,2-5,8,10H2,1H3,(H5-,25,26,27,28,29,31,35,37,38)/b30-16-/t17-,22-/m1/s1. The summed E-state index contributed by atoms with van der Waals surface area (Å²) in [5.41, 5.74) is 12.4. The van der Waals surface area contributed by atoms with Gasteiger partial charge in [-0.15, -0.1) is 11.8 Å². The Hall–Kier alpha value is -4.45. The molecule has 1 saturated heterocycles. The van der Waals surface area contributed by atoms with Crippen molar-refractivity contribution in [1.82, 2.24) is 29.2 Å². The van der Waals surface area contributed by atoms with Crippen molar-refractivity contribution in [2.75, 3.05) is 24.3 Å². The zero-order valence-electron chi connectivity index (χ0n) is 22.3. The van der Waals surface area contributed by atoms with Gasteiger partial charge in [-0.05, 0) is 30.8 Å². The molecule has 16 nitrogen and oxygen atoms in total. The second-order valence-electron chi connectivity index (χ2n) is 9.84. The number of nitrogen functional groups attached to an aromatic ring is 2. The fourth-order valence-electron chi connectivity index (χ4n) is 5.17. The summed E-state index contributed by atoms with van der Waals surface area (Å²) in [5.74, 6) is -1.93. The number of nitrogens with two attached hydrogens (primary N) is 2. The van der Waals surface area contributed by atoms with E-state index in [0.717, 1.165) is 42.1 Å². The number of amides is 2. The molecule has 0 aromatic carbocycles. The minimum atomic E-state index is -1.50. The molecule has 5 heterocycles. The zero-order valence-corrected chi connectivity index (χ0v) is 23.9. The molecule has 2 aliphatic heterocycles. The Labute approximate surface area is 246 Å². The number of carboxylic acid groups (broad SMARTS) is 1. The van der Waals surface area contributed by atoms with E-state index in [1.54, 1.807) is 22.9 Å². The number of oxime groups is 1. The summed E-state index contributed by atoms with van der Waals surface area (Å²) < 4.78 is 12.4. The molecule has 0 unspecified atom stereocenters. The molecule has 3 aromatic heterocycles. The molecule has 1 aliphatic carbocycles. The maximum absolute atomic E-state index is 13.3. The molecule has 18 heteroatoms. The Balaban J connectivity index is 1.22. The number of ether oxygens (including phenoxy) is 1. The van der Waals surface area contributed by atoms with Crippen LogP contribution >= 0.6 is 23.3 Å². The number of nitrogens with zero attached hydrogens (tertiary/aromatic N) is 7. The van der Waals surface area contributed by atoms with E-state index in [9.17, 15) is 19.5 Å². The second kappa shape index (κ2) is 11.1. The molecule has 5 N–H and O–H groups in total. The lowest BCUT2D eigenvalue weighted by Crippen LogP contribution is -2.71. The number of hydrogen-bond donors (Lipinski definition) is 3. The number of β-lactam (4-membered cyclic amide) rings is 1. The first-order chi connectivity index (χ1) is 20.2. The number of thioether (sulfide) groups is 1. The van der Waals surface area contributed by atoms with Crippen LogP contribution in [0.5, 0.6) is 5.88 Å². The van der Waals surface area contributed by atoms with E-state index in [-0.39, 0.29) is 40.8 Å². The van der Waals surface area contributed by atoms with E-state index in [4.69, 9.17) is 21.0 Å². The predicted octanol–water partition coefficient (Wildman–Crippen LogP) is -1.59. The summed E-state index contributed by atoms with van der Waals surface area (Å²) in [4.78, 5) is 49.6. The van der Waals surface area contributed by atoms with E-state index < -0.39 is 29.2 Å². The van der Waals surface area contributed by atoms with Crippen LogP contribution in [0.3, 0.4) is 0 Å². The van der Waals surface area contributed by atoms with E-state index >= 15 is 0 Å². The number of aliphatic carboxylic acids is 1. The quantitative estimate of drug-likeness (QED) is 0.108. The third kappa shape index (κ3) is 4.95. The van der Waals surface area contributed by atoms with Crippen LogP contribution < -0.4 is 31.2 Å². The normalized spacial score (nSPS) is 20.9. The molecule has 3 aliphatic rings. The molecule has 1 saturated carbocycles. The molecule has 2 fully saturated rings. The maximum atomic E-state index is 13.3. The molecule has 3 aromatic rings. The first-order valence-corrected chi connectivity index (χ1v) is 14.8. The van der Waals surface area contributed by atoms with Gasteiger partial charge in [0.15, 0.2) is 11.3 Å². The number of nitrogens with one attached hydrogen (secondary N) is 1. The highest BCUT2D eigenvalue weighted by atomic mass is 32.2. The number of imidazole rings is 1. The van der Waals surface area contributed by atoms with Crippen molar-refractivity contribution in [3.63, 3.8) is 0 Å². The first kappa shape index (κ1) is 27.7. The van der Waals surface area contributed by atoms with E-state index in [0.29, 0.717) is 22.9 Å². The smallest absolute Gasteiger partial charge is 0.309 e. The van der Waals surface area contributed by atoms with Gasteiger partial charge in [0, 0.05) is 35.0 Å². The molecular weight excluding hydrogens is 588 g/mol. The Kier molecular flexibility index (Phi) is 7.31. The number of fused-ring (bicyclic) bond motifs is 2. The Morgan fingerprint density at radius 3 is 2.76 bits per heavy atom. The number of carboxylic acids is 1.